The summed E-state index contributed by atoms with van der Waals surface area (Å²) in [5.41, 5.74) is 1.48. The lowest BCUT2D eigenvalue weighted by Gasteiger charge is -2.15. The molecule has 2 fully saturated rings. The maximum absolute atomic E-state index is 12.8. The first-order valence-corrected chi connectivity index (χ1v) is 12.2. The number of carbonyl (C=O) groups excluding carboxylic acids is 2. The second-order valence-corrected chi connectivity index (χ2v) is 10.3. The van der Waals surface area contributed by atoms with Gasteiger partial charge in [0.15, 0.2) is 11.5 Å². The average Bonchev–Trinajstić information content (AvgIpc) is 3.46. The summed E-state index contributed by atoms with van der Waals surface area (Å²) in [5.74, 6) is 0.425. The van der Waals surface area contributed by atoms with E-state index in [1.807, 2.05) is 12.1 Å². The van der Waals surface area contributed by atoms with Crippen LogP contribution in [0.15, 0.2) is 47.6 Å². The van der Waals surface area contributed by atoms with E-state index < -0.39 is 0 Å². The molecule has 0 N–H and O–H groups in total. The van der Waals surface area contributed by atoms with Crippen LogP contribution >= 0.6 is 45.8 Å². The Morgan fingerprint density at radius 3 is 2.45 bits per heavy atom. The molecule has 6 nitrogen and oxygen atoms in total. The van der Waals surface area contributed by atoms with Crippen LogP contribution in [0, 0.1) is 27.2 Å². The third-order valence-electron chi connectivity index (χ3n) is 6.41. The predicted molar refractivity (Wildman–Crippen MR) is 134 cm³/mol. The van der Waals surface area contributed by atoms with Crippen LogP contribution in [0.4, 0.5) is 0 Å². The van der Waals surface area contributed by atoms with Crippen molar-refractivity contribution in [3.63, 3.8) is 0 Å². The van der Waals surface area contributed by atoms with Crippen LogP contribution < -0.4 is 9.47 Å². The Kier molecular flexibility index (Phi) is 6.13. The number of amides is 2. The Balaban J connectivity index is 1.33. The van der Waals surface area contributed by atoms with Crippen LogP contribution in [0.5, 0.6) is 11.5 Å². The Morgan fingerprint density at radius 2 is 1.82 bits per heavy atom. The van der Waals surface area contributed by atoms with Crippen molar-refractivity contribution in [1.82, 2.24) is 5.01 Å². The van der Waals surface area contributed by atoms with E-state index in [4.69, 9.17) is 32.7 Å². The predicted octanol–water partition coefficient (Wildman–Crippen LogP) is 5.33. The second-order valence-electron chi connectivity index (χ2n) is 8.29. The number of fused-ring (bicyclic) bond motifs is 5. The van der Waals surface area contributed by atoms with Gasteiger partial charge in [0.2, 0.25) is 0 Å². The van der Waals surface area contributed by atoms with Crippen molar-refractivity contribution in [3.05, 3.63) is 67.2 Å². The summed E-state index contributed by atoms with van der Waals surface area (Å²) in [7, 11) is 1.55. The van der Waals surface area contributed by atoms with Gasteiger partial charge in [-0.15, -0.1) is 0 Å². The fourth-order valence-corrected chi connectivity index (χ4v) is 6.11. The lowest BCUT2D eigenvalue weighted by atomic mass is 9.85. The van der Waals surface area contributed by atoms with Gasteiger partial charge in [-0.05, 0) is 70.7 Å². The van der Waals surface area contributed by atoms with Gasteiger partial charge >= 0.3 is 0 Å². The molecule has 2 amide bonds. The van der Waals surface area contributed by atoms with E-state index in [-0.39, 0.29) is 42.1 Å². The first-order chi connectivity index (χ1) is 15.9. The summed E-state index contributed by atoms with van der Waals surface area (Å²) in [4.78, 5) is 25.6. The number of halogens is 3. The third kappa shape index (κ3) is 4.04. The van der Waals surface area contributed by atoms with Crippen LogP contribution in [0.25, 0.3) is 0 Å². The highest BCUT2D eigenvalue weighted by molar-refractivity contribution is 14.1. The highest BCUT2D eigenvalue weighted by atomic mass is 127. The Hall–Kier alpha value is -2.10. The lowest BCUT2D eigenvalue weighted by Crippen LogP contribution is -2.28. The summed E-state index contributed by atoms with van der Waals surface area (Å²) in [6.45, 7) is 0.242. The van der Waals surface area contributed by atoms with Gasteiger partial charge in [0, 0.05) is 15.6 Å². The summed E-state index contributed by atoms with van der Waals surface area (Å²) >= 11 is 14.3. The first-order valence-electron chi connectivity index (χ1n) is 10.4. The molecule has 170 valence electrons. The number of hydrogen-bond acceptors (Lipinski definition) is 5. The smallest absolute Gasteiger partial charge is 0.254 e. The molecule has 2 aromatic carbocycles. The van der Waals surface area contributed by atoms with E-state index in [0.717, 1.165) is 20.6 Å². The molecular formula is C24H19Cl2IN2O4. The maximum atomic E-state index is 12.8. The molecule has 2 aliphatic carbocycles. The minimum Gasteiger partial charge on any atom is -0.493 e. The van der Waals surface area contributed by atoms with E-state index in [2.05, 4.69) is 39.8 Å². The second kappa shape index (κ2) is 8.92. The molecule has 1 saturated heterocycles. The monoisotopic (exact) mass is 596 g/mol. The zero-order chi connectivity index (χ0) is 23.3. The summed E-state index contributed by atoms with van der Waals surface area (Å²) in [5, 5.41) is 6.36. The van der Waals surface area contributed by atoms with Crippen LogP contribution in [0.1, 0.15) is 17.5 Å². The Bertz CT molecular complexity index is 1190. The van der Waals surface area contributed by atoms with Gasteiger partial charge in [0.1, 0.15) is 6.61 Å². The van der Waals surface area contributed by atoms with E-state index in [0.29, 0.717) is 27.1 Å². The minimum absolute atomic E-state index is 0.156. The zero-order valence-electron chi connectivity index (χ0n) is 17.5. The molecular weight excluding hydrogens is 578 g/mol. The fraction of sp³-hybridized carbons (Fsp3) is 0.292. The molecule has 5 rings (SSSR count). The average molecular weight is 597 g/mol. The quantitative estimate of drug-likeness (QED) is 0.196. The number of benzene rings is 2. The summed E-state index contributed by atoms with van der Waals surface area (Å²) in [6.07, 6.45) is 6.53. The molecule has 0 radical (unpaired) electrons. The maximum Gasteiger partial charge on any atom is 0.254 e. The van der Waals surface area contributed by atoms with Crippen molar-refractivity contribution < 1.29 is 19.1 Å². The normalized spacial score (nSPS) is 25.4. The molecule has 3 aliphatic rings. The number of carbonyl (C=O) groups is 2. The van der Waals surface area contributed by atoms with Gasteiger partial charge < -0.3 is 9.47 Å². The van der Waals surface area contributed by atoms with Crippen molar-refractivity contribution in [3.8, 4) is 11.5 Å². The van der Waals surface area contributed by atoms with E-state index >= 15 is 0 Å². The standard InChI is InChI=1S/C24H19Cl2IN2O4/c1-32-19-7-12(6-18(27)22(19)33-11-15-4-5-16(25)9-17(15)26)10-28-29-23(30)20-13-2-3-14(8-13)21(20)24(29)31/h2-7,9-10,13-14,20-21H,8,11H2,1H3/b28-10-/t13-,14-,20-,21-/m0/s1. The first kappa shape index (κ1) is 22.7. The van der Waals surface area contributed by atoms with Gasteiger partial charge in [-0.25, -0.2) is 0 Å². The van der Waals surface area contributed by atoms with Crippen molar-refractivity contribution in [2.45, 2.75) is 13.0 Å². The minimum atomic E-state index is -0.269. The SMILES string of the molecule is COc1cc(/C=N\N2C(=O)[C@@H]3[C@@H](C2=O)[C@H]2C=C[C@H]3C2)cc(I)c1OCc1ccc(Cl)cc1Cl. The molecule has 0 unspecified atom stereocenters. The number of nitrogens with zero attached hydrogens (tertiary/aromatic N) is 2. The molecule has 4 atom stereocenters. The van der Waals surface area contributed by atoms with Crippen LogP contribution in [-0.2, 0) is 16.2 Å². The number of hydrazone groups is 1. The Labute approximate surface area is 214 Å². The molecule has 2 bridgehead atoms. The molecule has 1 heterocycles. The van der Waals surface area contributed by atoms with Gasteiger partial charge in [-0.1, -0.05) is 41.4 Å². The molecule has 0 spiro atoms. The molecule has 9 heteroatoms. The van der Waals surface area contributed by atoms with E-state index in [1.54, 1.807) is 25.3 Å². The van der Waals surface area contributed by atoms with Crippen molar-refractivity contribution in [1.29, 1.82) is 0 Å². The van der Waals surface area contributed by atoms with Crippen LogP contribution in [-0.4, -0.2) is 30.1 Å². The topological polar surface area (TPSA) is 68.2 Å². The largest absolute Gasteiger partial charge is 0.493 e. The van der Waals surface area contributed by atoms with Crippen molar-refractivity contribution >= 4 is 63.8 Å². The summed E-state index contributed by atoms with van der Waals surface area (Å²) < 4.78 is 12.3. The number of hydrogen-bond donors (Lipinski definition) is 0. The summed E-state index contributed by atoms with van der Waals surface area (Å²) in [6, 6.07) is 8.83. The lowest BCUT2D eigenvalue weighted by molar-refractivity contribution is -0.140. The Morgan fingerprint density at radius 1 is 1.12 bits per heavy atom. The van der Waals surface area contributed by atoms with Crippen molar-refractivity contribution in [2.24, 2.45) is 28.8 Å². The van der Waals surface area contributed by atoms with Gasteiger partial charge in [-0.2, -0.15) is 10.1 Å². The fourth-order valence-electron chi connectivity index (χ4n) is 4.87. The number of imide groups is 1. The van der Waals surface area contributed by atoms with Crippen molar-refractivity contribution in [2.75, 3.05) is 7.11 Å². The molecule has 1 aliphatic heterocycles. The number of allylic oxidation sites excluding steroid dienone is 2. The highest BCUT2D eigenvalue weighted by Crippen LogP contribution is 2.52. The molecule has 33 heavy (non-hydrogen) atoms. The molecule has 2 aromatic rings. The van der Waals surface area contributed by atoms with Gasteiger partial charge in [0.05, 0.1) is 28.7 Å². The zero-order valence-corrected chi connectivity index (χ0v) is 21.2. The van der Waals surface area contributed by atoms with Crippen LogP contribution in [0.3, 0.4) is 0 Å². The number of ether oxygens (including phenoxy) is 2. The van der Waals surface area contributed by atoms with E-state index in [1.165, 1.54) is 6.21 Å². The number of methoxy groups -OCH3 is 1. The third-order valence-corrected chi connectivity index (χ3v) is 7.80. The van der Waals surface area contributed by atoms with Gasteiger partial charge in [0.25, 0.3) is 11.8 Å². The van der Waals surface area contributed by atoms with E-state index in [9.17, 15) is 9.59 Å². The molecule has 0 aromatic heterocycles. The van der Waals surface area contributed by atoms with Gasteiger partial charge in [-0.3, -0.25) is 9.59 Å². The van der Waals surface area contributed by atoms with Crippen LogP contribution in [0.2, 0.25) is 10.0 Å². The highest BCUT2D eigenvalue weighted by Gasteiger charge is 2.59. The molecule has 1 saturated carbocycles. The number of rotatable bonds is 6.